The predicted molar refractivity (Wildman–Crippen MR) is 539 cm³/mol. The van der Waals surface area contributed by atoms with Crippen molar-refractivity contribution in [3.63, 3.8) is 0 Å². The van der Waals surface area contributed by atoms with Gasteiger partial charge in [-0.15, -0.1) is 0 Å². The van der Waals surface area contributed by atoms with Crippen LogP contribution < -0.4 is 61.0 Å². The van der Waals surface area contributed by atoms with Gasteiger partial charge in [0, 0.05) is 119 Å². The minimum atomic E-state index is -1.99. The number of hydrogen-bond acceptors (Lipinski definition) is 28. The normalized spacial score (nSPS) is 16.0. The Labute approximate surface area is 854 Å². The first kappa shape index (κ1) is 128. The van der Waals surface area contributed by atoms with Crippen LogP contribution in [0, 0.1) is 65.1 Å². The lowest BCUT2D eigenvalue weighted by Crippen LogP contribution is -2.56. The quantitative estimate of drug-likeness (QED) is 0.00750. The maximum atomic E-state index is 15.3. The Bertz CT molecular complexity index is 4660. The number of esters is 1. The van der Waals surface area contributed by atoms with Crippen molar-refractivity contribution in [2.24, 2.45) is 115 Å². The van der Waals surface area contributed by atoms with E-state index < -0.39 is 235 Å². The van der Waals surface area contributed by atoms with Crippen molar-refractivity contribution in [2.45, 2.75) is 291 Å². The molecular formula is C101H160N18O27. The fourth-order valence-corrected chi connectivity index (χ4v) is 17.5. The lowest BCUT2D eigenvalue weighted by atomic mass is 9.85. The average Bonchev–Trinajstić information content (AvgIpc) is 1.67. The highest BCUT2D eigenvalue weighted by Gasteiger charge is 2.45. The molecule has 4 rings (SSSR count). The number of carboxylic acids is 3. The van der Waals surface area contributed by atoms with Gasteiger partial charge >= 0.3 is 23.9 Å². The molecular weight excluding hydrogens is 1900 g/mol. The van der Waals surface area contributed by atoms with Crippen LogP contribution in [-0.2, 0) is 118 Å². The predicted octanol–water partition coefficient (Wildman–Crippen LogP) is 5.40. The summed E-state index contributed by atoms with van der Waals surface area (Å²) >= 11 is 0. The van der Waals surface area contributed by atoms with Gasteiger partial charge in [-0.2, -0.15) is 0 Å². The first-order valence-corrected chi connectivity index (χ1v) is 50.6. The molecule has 816 valence electrons. The summed E-state index contributed by atoms with van der Waals surface area (Å²) in [4.78, 5) is 265. The topological polar surface area (TPSA) is 742 Å². The van der Waals surface area contributed by atoms with E-state index in [0.717, 1.165) is 12.8 Å². The number of nitrogens with one attached hydrogen (secondary N) is 5. The molecule has 0 saturated carbocycles. The molecule has 2 aromatic carbocycles. The number of aliphatic imine (C=N–C) groups is 2. The molecule has 0 aliphatic carbocycles. The molecule has 0 aromatic heterocycles. The first-order chi connectivity index (χ1) is 69.2. The third-order valence-electron chi connectivity index (χ3n) is 25.4. The molecule has 45 heteroatoms. The number of primary amides is 1. The number of carboxylic acid groups (broad SMARTS) is 3. The van der Waals surface area contributed by atoms with Gasteiger partial charge in [0.1, 0.15) is 29.4 Å². The van der Waals surface area contributed by atoms with E-state index in [2.05, 4.69) is 65.2 Å². The van der Waals surface area contributed by atoms with Crippen molar-refractivity contribution >= 4 is 118 Å². The summed E-state index contributed by atoms with van der Waals surface area (Å²) in [6.07, 6.45) is -3.37. The number of phenols is 2. The van der Waals surface area contributed by atoms with E-state index in [1.165, 1.54) is 53.3 Å². The zero-order valence-electron chi connectivity index (χ0n) is 86.3. The third-order valence-corrected chi connectivity index (χ3v) is 25.4. The lowest BCUT2D eigenvalue weighted by molar-refractivity contribution is -0.146. The number of ketones is 6. The Kier molecular flexibility index (Phi) is 60.7. The molecule has 45 nitrogen and oxygen atoms in total. The van der Waals surface area contributed by atoms with E-state index >= 15 is 14.4 Å². The van der Waals surface area contributed by atoms with Gasteiger partial charge in [-0.05, 0) is 187 Å². The Morgan fingerprint density at radius 3 is 1.45 bits per heavy atom. The van der Waals surface area contributed by atoms with Crippen molar-refractivity contribution < 1.29 is 131 Å². The minimum Gasteiger partial charge on any atom is -0.508 e. The number of ether oxygens (including phenoxy) is 4. The molecule has 22 N–H and O–H groups in total. The zero-order chi connectivity index (χ0) is 109. The number of nitrogens with zero attached hydrogens (tertiary/aromatic N) is 7. The van der Waals surface area contributed by atoms with E-state index in [1.54, 1.807) is 32.9 Å². The highest BCUT2D eigenvalue weighted by atomic mass is 16.5. The van der Waals surface area contributed by atoms with Gasteiger partial charge in [-0.1, -0.05) is 98.1 Å². The largest absolute Gasteiger partial charge is 0.508 e. The monoisotopic (exact) mass is 2060 g/mol. The number of rotatable bonds is 75. The number of azide groups is 1. The number of guanidine groups is 2. The Balaban J connectivity index is 0.00000467. The summed E-state index contributed by atoms with van der Waals surface area (Å²) in [6.45, 7) is 17.9. The molecule has 2 heterocycles. The summed E-state index contributed by atoms with van der Waals surface area (Å²) in [5.41, 5.74) is 43.6. The Morgan fingerprint density at radius 2 is 0.925 bits per heavy atom. The number of Topliss-reactive ketones (excluding diaryl/α,β-unsaturated/α-hetero) is 6. The van der Waals surface area contributed by atoms with Crippen LogP contribution in [0.2, 0.25) is 0 Å². The molecule has 2 saturated heterocycles. The average molecular weight is 2060 g/mol. The molecule has 146 heavy (non-hydrogen) atoms. The van der Waals surface area contributed by atoms with Gasteiger partial charge in [-0.25, -0.2) is 0 Å². The van der Waals surface area contributed by atoms with Crippen LogP contribution in [0.1, 0.15) is 247 Å². The van der Waals surface area contributed by atoms with Crippen molar-refractivity contribution in [3.05, 3.63) is 70.1 Å². The van der Waals surface area contributed by atoms with Crippen LogP contribution in [0.3, 0.4) is 0 Å². The van der Waals surface area contributed by atoms with Crippen LogP contribution in [0.5, 0.6) is 11.5 Å². The SMILES string of the molecule is CCC(C)C(NC(=O)C(CC(=O)C1CCCN1C(=O)C(CCCN=C(N)N)CC(=O)C(CCCN=C(N)N)NC(=O)C1CCCN1C(=O)C(CCCCN)NC(=O)C(CC(N)=O)CC(=O)C(CC(=O)O)NC(=O)C(CC(=O)C(CC(C)C)NC(=O)C(CCC(=O)O)CC(=O)CCOCCOCCOCCN=[N+]=[N-])Cc1ccc(O)cc1)Cc1ccc(O)cc1)C(=O)CC(CC(C)C)C(=O)O.CCC(CC(C)C)C(=O)OC. The van der Waals surface area contributed by atoms with Gasteiger partial charge in [0.2, 0.25) is 47.3 Å². The van der Waals surface area contributed by atoms with Crippen LogP contribution in [0.15, 0.2) is 63.6 Å². The van der Waals surface area contributed by atoms with E-state index in [1.807, 2.05) is 27.7 Å². The van der Waals surface area contributed by atoms with Crippen molar-refractivity contribution in [3.8, 4) is 11.5 Å². The van der Waals surface area contributed by atoms with E-state index in [0.29, 0.717) is 36.3 Å². The highest BCUT2D eigenvalue weighted by molar-refractivity contribution is 6.01. The molecule has 0 bridgehead atoms. The number of benzene rings is 2. The Hall–Kier alpha value is -12.6. The summed E-state index contributed by atoms with van der Waals surface area (Å²) in [7, 11) is 1.45. The lowest BCUT2D eigenvalue weighted by Gasteiger charge is -2.31. The zero-order valence-corrected chi connectivity index (χ0v) is 86.3. The molecule has 0 spiro atoms. The highest BCUT2D eigenvalue weighted by Crippen LogP contribution is 2.32. The number of methoxy groups -OCH3 is 1. The number of likely N-dealkylation sites (tertiary alicyclic amines) is 2. The van der Waals surface area contributed by atoms with E-state index in [-0.39, 0.29) is 229 Å². The summed E-state index contributed by atoms with van der Waals surface area (Å²) in [5.74, 6) is -24.1. The molecule has 15 unspecified atom stereocenters. The molecule has 8 amide bonds. The van der Waals surface area contributed by atoms with Crippen molar-refractivity contribution in [1.82, 2.24) is 36.4 Å². The van der Waals surface area contributed by atoms with Gasteiger partial charge in [0.25, 0.3) is 0 Å². The van der Waals surface area contributed by atoms with Gasteiger partial charge in [0.15, 0.2) is 40.8 Å². The third kappa shape index (κ3) is 50.0. The molecule has 2 aromatic rings. The number of unbranched alkanes of at least 4 members (excludes halogenated alkanes) is 1. The number of carbonyl (C=O) groups is 18. The fourth-order valence-electron chi connectivity index (χ4n) is 17.5. The smallest absolute Gasteiger partial charge is 0.308 e. The fraction of sp³-hybridized carbons (Fsp3) is 0.683. The van der Waals surface area contributed by atoms with Gasteiger partial charge in [-0.3, -0.25) is 96.3 Å². The molecule has 0 radical (unpaired) electrons. The van der Waals surface area contributed by atoms with Crippen LogP contribution >= 0.6 is 0 Å². The van der Waals surface area contributed by atoms with E-state index in [9.17, 15) is 97.5 Å². The van der Waals surface area contributed by atoms with E-state index in [4.69, 9.17) is 54.1 Å². The molecule has 2 aliphatic heterocycles. The van der Waals surface area contributed by atoms with Crippen molar-refractivity contribution in [1.29, 1.82) is 0 Å². The maximum Gasteiger partial charge on any atom is 0.308 e. The summed E-state index contributed by atoms with van der Waals surface area (Å²) in [5, 5.41) is 67.1. The van der Waals surface area contributed by atoms with Crippen LogP contribution in [-0.4, -0.2) is 281 Å². The molecule has 2 aliphatic rings. The maximum absolute atomic E-state index is 15.3. The number of phenolic OH excluding ortho intramolecular Hbond substituents is 2. The van der Waals surface area contributed by atoms with Crippen LogP contribution in [0.4, 0.5) is 0 Å². The Morgan fingerprint density at radius 1 is 0.452 bits per heavy atom. The summed E-state index contributed by atoms with van der Waals surface area (Å²) in [6, 6.07) is 1.53. The van der Waals surface area contributed by atoms with Gasteiger partial charge in [0.05, 0.1) is 101 Å². The molecule has 15 atom stereocenters. The minimum absolute atomic E-state index is 0.00392. The standard InChI is InChI=1S/C92H142N18O25.C9H18O2/c1-7-56(6)82(78(118)51-64(90(131)132)42-54(2)3)107-86(127)62(45-58-21-26-66(112)27-22-58)50-77(117)72-17-12-34-109(72)88(129)60(14-10-31-100-91(95)96)47-74(114)68(16-11-32-101-92(97)98)103-87(128)73-18-13-35-110(73)89(130)69(15-8-9-30-93)104-85(126)63(52-79(94)119)49-76(116)71(53-81(122)123)106-84(125)61(44-57-19-24-65(111)25-20-57)48-75(115)70(43-55(4)5)105-83(124)59(23-28-80(120)121)46-67(113)29-36-133-38-40-135-41-39-134-37-33-102-108-99;1-5-8(6-7(2)3)9(10)11-4/h19-22,24-27,54-56,59-64,68-73,82,111-112H,7-18,23,28-53,93H2,1-6H3,(H2,94,119)(H,103,128)(H,104,126)(H,105,124)(H,106,125)(H,107,127)(H,120,121)(H,122,123)(H,131,132)(H4,95,96,100)(H4,97,98,101);7-8H,5-6H2,1-4H3. The number of hydrogen-bond donors (Lipinski definition) is 16. The number of aliphatic carboxylic acids is 3. The number of nitrogens with two attached hydrogens (primary N) is 6. The number of aromatic hydroxyl groups is 2. The second kappa shape index (κ2) is 69.5. The van der Waals surface area contributed by atoms with Crippen LogP contribution in [0.25, 0.3) is 10.4 Å². The molecule has 2 fully saturated rings. The number of carbonyl (C=O) groups excluding carboxylic acids is 15. The summed E-state index contributed by atoms with van der Waals surface area (Å²) < 4.78 is 20.9. The number of amides is 8. The second-order valence-corrected chi connectivity index (χ2v) is 38.8. The van der Waals surface area contributed by atoms with Gasteiger partial charge < -0.3 is 115 Å². The first-order valence-electron chi connectivity index (χ1n) is 50.6. The van der Waals surface area contributed by atoms with Crippen molar-refractivity contribution in [2.75, 3.05) is 86.0 Å². The second-order valence-electron chi connectivity index (χ2n) is 38.8.